The standard InChI is InChI=1S/C15H14Cl2O2/c16-13-7-6-12(14(17)9-13)10-19-15(18)8-11-4-2-1-3-5-11/h1-7,9,15,18H,8,10H2. The zero-order valence-corrected chi connectivity index (χ0v) is 11.7. The van der Waals surface area contributed by atoms with Crippen LogP contribution in [0.15, 0.2) is 48.5 Å². The van der Waals surface area contributed by atoms with Crippen LogP contribution in [0.3, 0.4) is 0 Å². The molecule has 0 amide bonds. The number of rotatable bonds is 5. The monoisotopic (exact) mass is 296 g/mol. The van der Waals surface area contributed by atoms with Crippen molar-refractivity contribution < 1.29 is 9.84 Å². The zero-order chi connectivity index (χ0) is 13.7. The highest BCUT2D eigenvalue weighted by atomic mass is 35.5. The Kier molecular flexibility index (Phi) is 5.23. The van der Waals surface area contributed by atoms with Crippen LogP contribution in [0.4, 0.5) is 0 Å². The Morgan fingerprint density at radius 2 is 1.79 bits per heavy atom. The fraction of sp³-hybridized carbons (Fsp3) is 0.200. The summed E-state index contributed by atoms with van der Waals surface area (Å²) in [5, 5.41) is 10.9. The predicted molar refractivity (Wildman–Crippen MR) is 77.4 cm³/mol. The summed E-state index contributed by atoms with van der Waals surface area (Å²) in [7, 11) is 0. The Morgan fingerprint density at radius 1 is 1.05 bits per heavy atom. The number of hydrogen-bond donors (Lipinski definition) is 1. The van der Waals surface area contributed by atoms with Crippen molar-refractivity contribution in [3.05, 3.63) is 69.7 Å². The van der Waals surface area contributed by atoms with Gasteiger partial charge in [-0.3, -0.25) is 0 Å². The molecule has 0 saturated heterocycles. The van der Waals surface area contributed by atoms with E-state index in [4.69, 9.17) is 27.9 Å². The molecule has 0 fully saturated rings. The molecule has 1 unspecified atom stereocenters. The molecule has 0 heterocycles. The molecule has 2 rings (SSSR count). The third-order valence-corrected chi connectivity index (χ3v) is 3.29. The summed E-state index contributed by atoms with van der Waals surface area (Å²) in [6.45, 7) is 0.254. The summed E-state index contributed by atoms with van der Waals surface area (Å²) in [5.74, 6) is 0. The topological polar surface area (TPSA) is 29.5 Å². The maximum Gasteiger partial charge on any atom is 0.159 e. The van der Waals surface area contributed by atoms with E-state index in [-0.39, 0.29) is 6.61 Å². The van der Waals surface area contributed by atoms with E-state index < -0.39 is 6.29 Å². The van der Waals surface area contributed by atoms with Crippen LogP contribution in [0.1, 0.15) is 11.1 Å². The first-order chi connectivity index (χ1) is 9.15. The molecule has 0 aromatic heterocycles. The number of halogens is 2. The van der Waals surface area contributed by atoms with Crippen LogP contribution in [0, 0.1) is 0 Å². The van der Waals surface area contributed by atoms with Gasteiger partial charge in [0.1, 0.15) is 0 Å². The lowest BCUT2D eigenvalue weighted by Gasteiger charge is -2.13. The van der Waals surface area contributed by atoms with Gasteiger partial charge in [-0.15, -0.1) is 0 Å². The first kappa shape index (κ1) is 14.4. The van der Waals surface area contributed by atoms with Crippen molar-refractivity contribution in [3.63, 3.8) is 0 Å². The minimum atomic E-state index is -0.853. The SMILES string of the molecule is OC(Cc1ccccc1)OCc1ccc(Cl)cc1Cl. The first-order valence-electron chi connectivity index (χ1n) is 5.92. The molecule has 100 valence electrons. The van der Waals surface area contributed by atoms with Crippen LogP contribution in [-0.4, -0.2) is 11.4 Å². The van der Waals surface area contributed by atoms with Crippen molar-refractivity contribution >= 4 is 23.2 Å². The summed E-state index contributed by atoms with van der Waals surface area (Å²) in [5.41, 5.74) is 1.83. The lowest BCUT2D eigenvalue weighted by molar-refractivity contribution is -0.106. The summed E-state index contributed by atoms with van der Waals surface area (Å²) >= 11 is 11.8. The van der Waals surface area contributed by atoms with Gasteiger partial charge in [-0.1, -0.05) is 59.6 Å². The summed E-state index contributed by atoms with van der Waals surface area (Å²) in [6, 6.07) is 14.9. The Balaban J connectivity index is 1.88. The van der Waals surface area contributed by atoms with Gasteiger partial charge in [0.15, 0.2) is 6.29 Å². The second-order valence-electron chi connectivity index (χ2n) is 4.19. The number of benzene rings is 2. The minimum Gasteiger partial charge on any atom is -0.368 e. The summed E-state index contributed by atoms with van der Waals surface area (Å²) in [6.07, 6.45) is -0.402. The molecule has 0 aliphatic heterocycles. The van der Waals surface area contributed by atoms with Gasteiger partial charge in [-0.05, 0) is 23.3 Å². The van der Waals surface area contributed by atoms with Crippen molar-refractivity contribution in [2.75, 3.05) is 0 Å². The van der Waals surface area contributed by atoms with Gasteiger partial charge in [-0.25, -0.2) is 0 Å². The molecule has 0 saturated carbocycles. The molecule has 1 atom stereocenters. The minimum absolute atomic E-state index is 0.254. The van der Waals surface area contributed by atoms with E-state index in [9.17, 15) is 5.11 Å². The van der Waals surface area contributed by atoms with Gasteiger partial charge in [-0.2, -0.15) is 0 Å². The Bertz CT molecular complexity index is 529. The lowest BCUT2D eigenvalue weighted by Crippen LogP contribution is -2.15. The average molecular weight is 297 g/mol. The lowest BCUT2D eigenvalue weighted by atomic mass is 10.1. The van der Waals surface area contributed by atoms with Gasteiger partial charge in [0.2, 0.25) is 0 Å². The van der Waals surface area contributed by atoms with Gasteiger partial charge in [0, 0.05) is 16.5 Å². The third kappa shape index (κ3) is 4.51. The molecule has 0 radical (unpaired) electrons. The molecule has 2 nitrogen and oxygen atoms in total. The number of aliphatic hydroxyl groups is 1. The highest BCUT2D eigenvalue weighted by molar-refractivity contribution is 6.35. The average Bonchev–Trinajstić information content (AvgIpc) is 2.39. The maximum absolute atomic E-state index is 9.82. The van der Waals surface area contributed by atoms with Crippen molar-refractivity contribution in [2.24, 2.45) is 0 Å². The molecular formula is C15H14Cl2O2. The molecule has 1 N–H and O–H groups in total. The van der Waals surface area contributed by atoms with Crippen molar-refractivity contribution in [1.82, 2.24) is 0 Å². The maximum atomic E-state index is 9.82. The largest absolute Gasteiger partial charge is 0.368 e. The zero-order valence-electron chi connectivity index (χ0n) is 10.2. The second kappa shape index (κ2) is 6.92. The molecule has 19 heavy (non-hydrogen) atoms. The van der Waals surface area contributed by atoms with Crippen LogP contribution in [-0.2, 0) is 17.8 Å². The van der Waals surface area contributed by atoms with E-state index in [1.54, 1.807) is 18.2 Å². The van der Waals surface area contributed by atoms with E-state index in [2.05, 4.69) is 0 Å². The van der Waals surface area contributed by atoms with E-state index in [1.807, 2.05) is 30.3 Å². The van der Waals surface area contributed by atoms with Gasteiger partial charge >= 0.3 is 0 Å². The molecule has 2 aromatic rings. The molecule has 4 heteroatoms. The van der Waals surface area contributed by atoms with E-state index in [0.29, 0.717) is 16.5 Å². The van der Waals surface area contributed by atoms with E-state index >= 15 is 0 Å². The smallest absolute Gasteiger partial charge is 0.159 e. The van der Waals surface area contributed by atoms with Crippen LogP contribution in [0.2, 0.25) is 10.0 Å². The summed E-state index contributed by atoms with van der Waals surface area (Å²) in [4.78, 5) is 0. The van der Waals surface area contributed by atoms with Crippen LogP contribution >= 0.6 is 23.2 Å². The number of aliphatic hydroxyl groups excluding tert-OH is 1. The molecular weight excluding hydrogens is 283 g/mol. The van der Waals surface area contributed by atoms with Crippen LogP contribution in [0.5, 0.6) is 0 Å². The number of ether oxygens (including phenoxy) is 1. The van der Waals surface area contributed by atoms with Crippen molar-refractivity contribution in [1.29, 1.82) is 0 Å². The van der Waals surface area contributed by atoms with Gasteiger partial charge < -0.3 is 9.84 Å². The third-order valence-electron chi connectivity index (χ3n) is 2.70. The predicted octanol–water partition coefficient (Wildman–Crippen LogP) is 4.07. The van der Waals surface area contributed by atoms with Crippen LogP contribution < -0.4 is 0 Å². The Morgan fingerprint density at radius 3 is 2.47 bits per heavy atom. The highest BCUT2D eigenvalue weighted by Gasteiger charge is 2.08. The van der Waals surface area contributed by atoms with Crippen molar-refractivity contribution in [3.8, 4) is 0 Å². The van der Waals surface area contributed by atoms with E-state index in [0.717, 1.165) is 11.1 Å². The molecule has 0 aliphatic rings. The normalized spacial score (nSPS) is 12.4. The van der Waals surface area contributed by atoms with Crippen molar-refractivity contribution in [2.45, 2.75) is 19.3 Å². The first-order valence-corrected chi connectivity index (χ1v) is 6.68. The molecule has 0 aliphatic carbocycles. The highest BCUT2D eigenvalue weighted by Crippen LogP contribution is 2.22. The fourth-order valence-corrected chi connectivity index (χ4v) is 2.16. The number of hydrogen-bond acceptors (Lipinski definition) is 2. The Hall–Kier alpha value is -1.06. The quantitative estimate of drug-likeness (QED) is 0.843. The molecule has 0 spiro atoms. The van der Waals surface area contributed by atoms with Gasteiger partial charge in [0.25, 0.3) is 0 Å². The Labute approximate surface area is 122 Å². The van der Waals surface area contributed by atoms with E-state index in [1.165, 1.54) is 0 Å². The van der Waals surface area contributed by atoms with Crippen LogP contribution in [0.25, 0.3) is 0 Å². The fourth-order valence-electron chi connectivity index (χ4n) is 1.70. The molecule has 2 aromatic carbocycles. The van der Waals surface area contributed by atoms with Gasteiger partial charge in [0.05, 0.1) is 6.61 Å². The summed E-state index contributed by atoms with van der Waals surface area (Å²) < 4.78 is 5.38. The molecule has 0 bridgehead atoms. The second-order valence-corrected chi connectivity index (χ2v) is 5.03.